The fourth-order valence-electron chi connectivity index (χ4n) is 2.69. The summed E-state index contributed by atoms with van der Waals surface area (Å²) in [6, 6.07) is 12.9. The Kier molecular flexibility index (Phi) is 5.41. The van der Waals surface area contributed by atoms with E-state index >= 15 is 0 Å². The van der Waals surface area contributed by atoms with Crippen molar-refractivity contribution in [2.24, 2.45) is 0 Å². The van der Waals surface area contributed by atoms with Crippen LogP contribution in [0, 0.1) is 0 Å². The van der Waals surface area contributed by atoms with Crippen LogP contribution in [0.1, 0.15) is 25.8 Å². The summed E-state index contributed by atoms with van der Waals surface area (Å²) in [6.45, 7) is 4.26. The molecule has 6 heteroatoms. The van der Waals surface area contributed by atoms with Crippen molar-refractivity contribution < 1.29 is 19.1 Å². The zero-order chi connectivity index (χ0) is 18.5. The number of benzene rings is 2. The summed E-state index contributed by atoms with van der Waals surface area (Å²) in [6.07, 6.45) is 0.489. The van der Waals surface area contributed by atoms with E-state index in [1.807, 2.05) is 31.2 Å². The van der Waals surface area contributed by atoms with Gasteiger partial charge in [-0.2, -0.15) is 0 Å². The molecule has 0 aromatic heterocycles. The van der Waals surface area contributed by atoms with Crippen LogP contribution in [0.15, 0.2) is 42.5 Å². The molecule has 6 nitrogen and oxygen atoms in total. The van der Waals surface area contributed by atoms with Crippen molar-refractivity contribution in [3.05, 3.63) is 48.0 Å². The number of fused-ring (bicyclic) bond motifs is 1. The van der Waals surface area contributed by atoms with Crippen LogP contribution in [0.25, 0.3) is 0 Å². The lowest BCUT2D eigenvalue weighted by Gasteiger charge is -2.23. The summed E-state index contributed by atoms with van der Waals surface area (Å²) in [5.74, 6) is 1.14. The van der Waals surface area contributed by atoms with Crippen LogP contribution in [0.4, 0.5) is 11.4 Å². The standard InChI is InChI=1S/C20H22N2O4/c1-3-25-16-8-4-14(5-9-16)6-11-19(23)21-15-7-10-18-17(12-15)22-20(24)13(2)26-18/h4-5,7-10,12-13H,3,6,11H2,1-2H3,(H,21,23)(H,22,24). The Morgan fingerprint density at radius 1 is 1.23 bits per heavy atom. The van der Waals surface area contributed by atoms with Gasteiger partial charge in [0.1, 0.15) is 11.5 Å². The minimum absolute atomic E-state index is 0.0877. The van der Waals surface area contributed by atoms with Gasteiger partial charge in [-0.1, -0.05) is 12.1 Å². The SMILES string of the molecule is CCOc1ccc(CCC(=O)Nc2ccc3c(c2)NC(=O)C(C)O3)cc1. The number of aryl methyl sites for hydroxylation is 1. The van der Waals surface area contributed by atoms with E-state index in [1.54, 1.807) is 25.1 Å². The van der Waals surface area contributed by atoms with E-state index < -0.39 is 6.10 Å². The molecule has 136 valence electrons. The van der Waals surface area contributed by atoms with Gasteiger partial charge in [-0.3, -0.25) is 9.59 Å². The molecule has 2 aromatic carbocycles. The fourth-order valence-corrected chi connectivity index (χ4v) is 2.69. The second-order valence-corrected chi connectivity index (χ2v) is 6.09. The maximum Gasteiger partial charge on any atom is 0.265 e. The molecule has 1 aliphatic rings. The van der Waals surface area contributed by atoms with Crippen LogP contribution in [0.3, 0.4) is 0 Å². The number of carbonyl (C=O) groups excluding carboxylic acids is 2. The highest BCUT2D eigenvalue weighted by Gasteiger charge is 2.23. The monoisotopic (exact) mass is 354 g/mol. The first kappa shape index (κ1) is 17.8. The van der Waals surface area contributed by atoms with E-state index in [2.05, 4.69) is 10.6 Å². The summed E-state index contributed by atoms with van der Waals surface area (Å²) in [5.41, 5.74) is 2.26. The highest BCUT2D eigenvalue weighted by molar-refractivity contribution is 5.99. The van der Waals surface area contributed by atoms with Crippen LogP contribution in [0.2, 0.25) is 0 Å². The number of anilines is 2. The molecule has 1 unspecified atom stereocenters. The van der Waals surface area contributed by atoms with Crippen molar-refractivity contribution >= 4 is 23.2 Å². The summed E-state index contributed by atoms with van der Waals surface area (Å²) >= 11 is 0. The van der Waals surface area contributed by atoms with Gasteiger partial charge in [-0.05, 0) is 56.2 Å². The van der Waals surface area contributed by atoms with Crippen molar-refractivity contribution in [1.29, 1.82) is 0 Å². The van der Waals surface area contributed by atoms with E-state index in [0.29, 0.717) is 36.6 Å². The van der Waals surface area contributed by atoms with E-state index in [4.69, 9.17) is 9.47 Å². The number of rotatable bonds is 6. The summed E-state index contributed by atoms with van der Waals surface area (Å²) in [4.78, 5) is 23.9. The molecule has 0 fully saturated rings. The number of ether oxygens (including phenoxy) is 2. The second-order valence-electron chi connectivity index (χ2n) is 6.09. The highest BCUT2D eigenvalue weighted by Crippen LogP contribution is 2.32. The quantitative estimate of drug-likeness (QED) is 0.834. The van der Waals surface area contributed by atoms with Crippen LogP contribution >= 0.6 is 0 Å². The van der Waals surface area contributed by atoms with Gasteiger partial charge in [-0.15, -0.1) is 0 Å². The van der Waals surface area contributed by atoms with Gasteiger partial charge in [0, 0.05) is 12.1 Å². The number of hydrogen-bond acceptors (Lipinski definition) is 4. The summed E-state index contributed by atoms with van der Waals surface area (Å²) in [7, 11) is 0. The lowest BCUT2D eigenvalue weighted by molar-refractivity contribution is -0.122. The molecule has 0 saturated heterocycles. The third kappa shape index (κ3) is 4.33. The van der Waals surface area contributed by atoms with Gasteiger partial charge >= 0.3 is 0 Å². The van der Waals surface area contributed by atoms with E-state index in [9.17, 15) is 9.59 Å². The molecule has 0 bridgehead atoms. The average Bonchev–Trinajstić information content (AvgIpc) is 2.63. The Hall–Kier alpha value is -3.02. The zero-order valence-corrected chi connectivity index (χ0v) is 14.9. The van der Waals surface area contributed by atoms with Crippen molar-refractivity contribution in [2.75, 3.05) is 17.2 Å². The molecule has 1 atom stereocenters. The average molecular weight is 354 g/mol. The van der Waals surface area contributed by atoms with Crippen molar-refractivity contribution in [3.63, 3.8) is 0 Å². The Bertz CT molecular complexity index is 802. The number of amides is 2. The second kappa shape index (κ2) is 7.91. The first-order valence-electron chi connectivity index (χ1n) is 8.68. The molecular weight excluding hydrogens is 332 g/mol. The molecule has 0 aliphatic carbocycles. The van der Waals surface area contributed by atoms with Crippen molar-refractivity contribution in [3.8, 4) is 11.5 Å². The Balaban J connectivity index is 1.55. The van der Waals surface area contributed by atoms with E-state index in [1.165, 1.54) is 0 Å². The van der Waals surface area contributed by atoms with Gasteiger partial charge in [0.25, 0.3) is 5.91 Å². The molecule has 3 rings (SSSR count). The third-order valence-electron chi connectivity index (χ3n) is 4.07. The van der Waals surface area contributed by atoms with Gasteiger partial charge < -0.3 is 20.1 Å². The van der Waals surface area contributed by atoms with Crippen LogP contribution in [0.5, 0.6) is 11.5 Å². The summed E-state index contributed by atoms with van der Waals surface area (Å²) < 4.78 is 10.9. The zero-order valence-electron chi connectivity index (χ0n) is 14.9. The highest BCUT2D eigenvalue weighted by atomic mass is 16.5. The summed E-state index contributed by atoms with van der Waals surface area (Å²) in [5, 5.41) is 5.62. The van der Waals surface area contributed by atoms with Crippen LogP contribution < -0.4 is 20.1 Å². The molecule has 2 aromatic rings. The first-order valence-corrected chi connectivity index (χ1v) is 8.68. The van der Waals surface area contributed by atoms with Gasteiger partial charge in [0.2, 0.25) is 5.91 Å². The van der Waals surface area contributed by atoms with E-state index in [-0.39, 0.29) is 11.8 Å². The molecule has 1 heterocycles. The van der Waals surface area contributed by atoms with Crippen molar-refractivity contribution in [1.82, 2.24) is 0 Å². The number of hydrogen-bond donors (Lipinski definition) is 2. The van der Waals surface area contributed by atoms with Crippen LogP contribution in [-0.2, 0) is 16.0 Å². The lowest BCUT2D eigenvalue weighted by Crippen LogP contribution is -2.34. The van der Waals surface area contributed by atoms with Gasteiger partial charge in [0.05, 0.1) is 12.3 Å². The Morgan fingerprint density at radius 3 is 2.73 bits per heavy atom. The molecular formula is C20H22N2O4. The smallest absolute Gasteiger partial charge is 0.265 e. The normalized spacial score (nSPS) is 15.5. The molecule has 2 amide bonds. The molecule has 0 spiro atoms. The maximum absolute atomic E-state index is 12.2. The number of carbonyl (C=O) groups is 2. The first-order chi connectivity index (χ1) is 12.5. The maximum atomic E-state index is 12.2. The molecule has 0 radical (unpaired) electrons. The molecule has 26 heavy (non-hydrogen) atoms. The number of nitrogens with one attached hydrogen (secondary N) is 2. The molecule has 2 N–H and O–H groups in total. The Morgan fingerprint density at radius 2 is 2.00 bits per heavy atom. The van der Waals surface area contributed by atoms with Gasteiger partial charge in [0.15, 0.2) is 6.10 Å². The minimum Gasteiger partial charge on any atom is -0.494 e. The fraction of sp³-hybridized carbons (Fsp3) is 0.300. The lowest BCUT2D eigenvalue weighted by atomic mass is 10.1. The molecule has 1 aliphatic heterocycles. The van der Waals surface area contributed by atoms with Gasteiger partial charge in [-0.25, -0.2) is 0 Å². The van der Waals surface area contributed by atoms with Crippen molar-refractivity contribution in [2.45, 2.75) is 32.8 Å². The minimum atomic E-state index is -0.517. The topological polar surface area (TPSA) is 76.7 Å². The van der Waals surface area contributed by atoms with E-state index in [0.717, 1.165) is 11.3 Å². The predicted molar refractivity (Wildman–Crippen MR) is 99.7 cm³/mol. The predicted octanol–water partition coefficient (Wildman–Crippen LogP) is 3.38. The largest absolute Gasteiger partial charge is 0.494 e. The molecule has 0 saturated carbocycles. The Labute approximate surface area is 152 Å². The third-order valence-corrected chi connectivity index (χ3v) is 4.07. The van der Waals surface area contributed by atoms with Crippen LogP contribution in [-0.4, -0.2) is 24.5 Å².